The largest absolute Gasteiger partial charge is 0.276 e. The van der Waals surface area contributed by atoms with Gasteiger partial charge in [0, 0.05) is 10.9 Å². The van der Waals surface area contributed by atoms with Crippen LogP contribution in [0.1, 0.15) is 12.5 Å². The lowest BCUT2D eigenvalue weighted by molar-refractivity contribution is 1.06. The van der Waals surface area contributed by atoms with E-state index in [1.54, 1.807) is 0 Å². The minimum absolute atomic E-state index is 0.783. The van der Waals surface area contributed by atoms with Crippen LogP contribution in [-0.2, 0) is 0 Å². The summed E-state index contributed by atoms with van der Waals surface area (Å²) in [5.41, 5.74) is 9.07. The summed E-state index contributed by atoms with van der Waals surface area (Å²) in [5.74, 6) is 1.60. The third kappa shape index (κ3) is 3.39. The second kappa shape index (κ2) is 9.00. The molecule has 41 heavy (non-hydrogen) atoms. The Morgan fingerprint density at radius 3 is 2.29 bits per heavy atom. The third-order valence-corrected chi connectivity index (χ3v) is 7.90. The number of allylic oxidation sites excluding steroid dienone is 1. The van der Waals surface area contributed by atoms with Crippen LogP contribution >= 0.6 is 0 Å². The number of fused-ring (bicyclic) bond motifs is 8. The van der Waals surface area contributed by atoms with E-state index in [-0.39, 0.29) is 0 Å². The Balaban J connectivity index is 1.48. The molecule has 5 aromatic carbocycles. The highest BCUT2D eigenvalue weighted by atomic mass is 15.2. The molecule has 0 amide bonds. The van der Waals surface area contributed by atoms with Crippen molar-refractivity contribution in [2.75, 3.05) is 0 Å². The number of benzene rings is 5. The molecule has 0 bridgehead atoms. The monoisotopic (exact) mass is 527 g/mol. The van der Waals surface area contributed by atoms with E-state index in [1.807, 2.05) is 25.1 Å². The first-order valence-corrected chi connectivity index (χ1v) is 13.7. The minimum Gasteiger partial charge on any atom is -0.276 e. The van der Waals surface area contributed by atoms with E-state index in [0.29, 0.717) is 0 Å². The number of para-hydroxylation sites is 2. The van der Waals surface area contributed by atoms with Gasteiger partial charge >= 0.3 is 0 Å². The lowest BCUT2D eigenvalue weighted by Gasteiger charge is -2.13. The molecule has 8 aromatic rings. The van der Waals surface area contributed by atoms with Crippen LogP contribution in [-0.4, -0.2) is 25.7 Å². The smallest absolute Gasteiger partial charge is 0.221 e. The van der Waals surface area contributed by atoms with Crippen molar-refractivity contribution < 1.29 is 0 Å². The Bertz CT molecular complexity index is 2340. The zero-order valence-electron chi connectivity index (χ0n) is 22.5. The van der Waals surface area contributed by atoms with Crippen molar-refractivity contribution in [1.29, 1.82) is 0 Å². The molecule has 0 unspecified atom stereocenters. The topological polar surface area (TPSA) is 47.5 Å². The molecule has 0 aliphatic carbocycles. The summed E-state index contributed by atoms with van der Waals surface area (Å²) in [4.78, 5) is 14.9. The molecule has 8 rings (SSSR count). The summed E-state index contributed by atoms with van der Waals surface area (Å²) in [6.45, 7) is 5.96. The molecule has 0 fully saturated rings. The number of pyridine rings is 1. The van der Waals surface area contributed by atoms with E-state index in [9.17, 15) is 0 Å². The summed E-state index contributed by atoms with van der Waals surface area (Å²) in [6.07, 6.45) is 4.13. The molecule has 3 heterocycles. The van der Waals surface area contributed by atoms with E-state index >= 15 is 0 Å². The number of aliphatic imine (C=N–C) groups is 1. The number of hydrogen-bond donors (Lipinski definition) is 0. The van der Waals surface area contributed by atoms with Crippen molar-refractivity contribution in [2.24, 2.45) is 4.99 Å². The molecule has 5 nitrogen and oxygen atoms in total. The van der Waals surface area contributed by atoms with Crippen LogP contribution in [0, 0.1) is 0 Å². The van der Waals surface area contributed by atoms with Gasteiger partial charge in [0.1, 0.15) is 5.82 Å². The molecule has 5 heteroatoms. The highest BCUT2D eigenvalue weighted by Crippen LogP contribution is 2.39. The Morgan fingerprint density at radius 1 is 0.683 bits per heavy atom. The minimum atomic E-state index is 0.783. The molecule has 0 saturated heterocycles. The fourth-order valence-electron chi connectivity index (χ4n) is 6.11. The average molecular weight is 528 g/mol. The Kier molecular flexibility index (Phi) is 5.12. The second-order valence-corrected chi connectivity index (χ2v) is 10.2. The highest BCUT2D eigenvalue weighted by Gasteiger charge is 2.20. The van der Waals surface area contributed by atoms with Gasteiger partial charge in [-0.1, -0.05) is 84.9 Å². The lowest BCUT2D eigenvalue weighted by Crippen LogP contribution is -1.99. The normalized spacial score (nSPS) is 12.0. The average Bonchev–Trinajstić information content (AvgIpc) is 3.55. The molecule has 194 valence electrons. The zero-order valence-corrected chi connectivity index (χ0v) is 22.5. The molecule has 0 N–H and O–H groups in total. The maximum atomic E-state index is 5.27. The van der Waals surface area contributed by atoms with E-state index in [0.717, 1.165) is 72.2 Å². The van der Waals surface area contributed by atoms with Gasteiger partial charge in [-0.15, -0.1) is 0 Å². The molecule has 3 aromatic heterocycles. The quantitative estimate of drug-likeness (QED) is 0.169. The number of aromatic nitrogens is 4. The number of rotatable bonds is 4. The molecule has 0 saturated carbocycles. The number of hydrogen-bond acceptors (Lipinski definition) is 3. The zero-order chi connectivity index (χ0) is 27.5. The maximum absolute atomic E-state index is 5.27. The SMILES string of the molecule is C=Nc1c(/C=C\C)c2ccccc2c2ccc(-n3c4ccc(-c5ccccc5)cc4n4c5ccccc5nc34)nc12. The molecule has 0 atom stereocenters. The van der Waals surface area contributed by atoms with Crippen molar-refractivity contribution in [3.05, 3.63) is 121 Å². The molecular weight excluding hydrogens is 502 g/mol. The summed E-state index contributed by atoms with van der Waals surface area (Å²) in [5, 5.41) is 3.33. The van der Waals surface area contributed by atoms with Crippen LogP contribution in [0.2, 0.25) is 0 Å². The van der Waals surface area contributed by atoms with Gasteiger partial charge in [0.15, 0.2) is 0 Å². The highest BCUT2D eigenvalue weighted by molar-refractivity contribution is 6.15. The van der Waals surface area contributed by atoms with Gasteiger partial charge in [0.2, 0.25) is 5.78 Å². The van der Waals surface area contributed by atoms with Crippen LogP contribution in [0.15, 0.2) is 120 Å². The van der Waals surface area contributed by atoms with Crippen molar-refractivity contribution >= 4 is 68.0 Å². The van der Waals surface area contributed by atoms with Crippen LogP contribution in [0.25, 0.3) is 72.5 Å². The first kappa shape index (κ1) is 23.3. The number of imidazole rings is 2. The van der Waals surface area contributed by atoms with Gasteiger partial charge in [-0.2, -0.15) is 0 Å². The maximum Gasteiger partial charge on any atom is 0.221 e. The van der Waals surface area contributed by atoms with Crippen LogP contribution in [0.4, 0.5) is 5.69 Å². The Hall–Kier alpha value is -5.55. The summed E-state index contributed by atoms with van der Waals surface area (Å²) < 4.78 is 4.39. The van der Waals surface area contributed by atoms with E-state index in [2.05, 4.69) is 124 Å². The van der Waals surface area contributed by atoms with E-state index < -0.39 is 0 Å². The number of nitrogens with zero attached hydrogens (tertiary/aromatic N) is 5. The van der Waals surface area contributed by atoms with Gasteiger partial charge in [-0.25, -0.2) is 9.97 Å². The van der Waals surface area contributed by atoms with Crippen LogP contribution in [0.3, 0.4) is 0 Å². The van der Waals surface area contributed by atoms with Gasteiger partial charge in [0.25, 0.3) is 0 Å². The lowest BCUT2D eigenvalue weighted by atomic mass is 9.97. The van der Waals surface area contributed by atoms with Crippen molar-refractivity contribution in [1.82, 2.24) is 18.9 Å². The molecule has 0 spiro atoms. The second-order valence-electron chi connectivity index (χ2n) is 10.2. The van der Waals surface area contributed by atoms with Crippen molar-refractivity contribution in [3.63, 3.8) is 0 Å². The standard InChI is InChI=1S/C36H25N5/c1-3-11-27-25-14-7-8-15-26(25)28-19-21-33(39-35(28)34(27)37-2)41-31-20-18-24(23-12-5-4-6-13-23)22-32(31)40-30-17-10-9-16-29(30)38-36(40)41/h3-22H,2H2,1H3/b11-3-. The van der Waals surface area contributed by atoms with Gasteiger partial charge in [0.05, 0.1) is 33.3 Å². The molecule has 0 aliphatic rings. The fourth-order valence-corrected chi connectivity index (χ4v) is 6.11. The Labute approximate surface area is 236 Å². The summed E-state index contributed by atoms with van der Waals surface area (Å²) in [7, 11) is 0. The predicted molar refractivity (Wildman–Crippen MR) is 172 cm³/mol. The Morgan fingerprint density at radius 2 is 1.46 bits per heavy atom. The predicted octanol–water partition coefficient (Wildman–Crippen LogP) is 9.16. The summed E-state index contributed by atoms with van der Waals surface area (Å²) >= 11 is 0. The van der Waals surface area contributed by atoms with Crippen LogP contribution in [0.5, 0.6) is 0 Å². The first-order valence-electron chi connectivity index (χ1n) is 13.7. The summed E-state index contributed by atoms with van der Waals surface area (Å²) in [6, 6.07) is 38.0. The van der Waals surface area contributed by atoms with Gasteiger partial charge in [-0.3, -0.25) is 14.0 Å². The molecule has 0 aliphatic heterocycles. The van der Waals surface area contributed by atoms with Gasteiger partial charge in [-0.05, 0) is 71.9 Å². The van der Waals surface area contributed by atoms with Crippen molar-refractivity contribution in [3.8, 4) is 16.9 Å². The van der Waals surface area contributed by atoms with Crippen LogP contribution < -0.4 is 0 Å². The van der Waals surface area contributed by atoms with E-state index in [1.165, 1.54) is 5.56 Å². The fraction of sp³-hybridized carbons (Fsp3) is 0.0278. The third-order valence-electron chi connectivity index (χ3n) is 7.90. The molecular formula is C36H25N5. The molecule has 0 radical (unpaired) electrons. The van der Waals surface area contributed by atoms with Gasteiger partial charge < -0.3 is 0 Å². The van der Waals surface area contributed by atoms with Crippen molar-refractivity contribution in [2.45, 2.75) is 6.92 Å². The van der Waals surface area contributed by atoms with E-state index in [4.69, 9.17) is 9.97 Å². The first-order chi connectivity index (χ1) is 20.3.